The van der Waals surface area contributed by atoms with Crippen molar-refractivity contribution in [2.24, 2.45) is 0 Å². The number of nitrogens with zero attached hydrogens (tertiary/aromatic N) is 1. The van der Waals surface area contributed by atoms with Crippen molar-refractivity contribution in [3.63, 3.8) is 0 Å². The van der Waals surface area contributed by atoms with E-state index in [0.29, 0.717) is 5.75 Å². The van der Waals surface area contributed by atoms with Gasteiger partial charge in [-0.3, -0.25) is 0 Å². The molecule has 0 aliphatic heterocycles. The Morgan fingerprint density at radius 1 is 1.10 bits per heavy atom. The summed E-state index contributed by atoms with van der Waals surface area (Å²) in [6, 6.07) is 16.9. The van der Waals surface area contributed by atoms with Crippen LogP contribution in [0.1, 0.15) is 11.1 Å². The first-order chi connectivity index (χ1) is 10.3. The maximum Gasteiger partial charge on any atom is 0.174 e. The van der Waals surface area contributed by atoms with E-state index in [9.17, 15) is 5.11 Å². The first-order valence-electron chi connectivity index (χ1n) is 6.85. The number of nitriles is 1. The fourth-order valence-corrected chi connectivity index (χ4v) is 1.99. The van der Waals surface area contributed by atoms with Crippen LogP contribution in [0.15, 0.2) is 48.5 Å². The lowest BCUT2D eigenvalue weighted by molar-refractivity contribution is 0.367. The third kappa shape index (κ3) is 5.17. The molecule has 0 aromatic heterocycles. The molecule has 0 heterocycles. The van der Waals surface area contributed by atoms with Crippen LogP contribution in [0, 0.1) is 11.3 Å². The second-order valence-corrected chi connectivity index (χ2v) is 4.69. The molecule has 0 bridgehead atoms. The summed E-state index contributed by atoms with van der Waals surface area (Å²) in [5.74, 6) is 1.01. The van der Waals surface area contributed by atoms with E-state index in [0.717, 1.165) is 30.8 Å². The summed E-state index contributed by atoms with van der Waals surface area (Å²) in [5.41, 5.74) is 2.31. The van der Waals surface area contributed by atoms with E-state index in [1.807, 2.05) is 42.5 Å². The SMILES string of the molecule is N#CCOc1cccc(CNCCc2ccc(O)cc2)c1. The summed E-state index contributed by atoms with van der Waals surface area (Å²) in [4.78, 5) is 0. The molecule has 2 aromatic carbocycles. The first-order valence-corrected chi connectivity index (χ1v) is 6.85. The van der Waals surface area contributed by atoms with Crippen LogP contribution in [0.5, 0.6) is 11.5 Å². The molecule has 0 saturated carbocycles. The number of phenols is 1. The molecule has 2 N–H and O–H groups in total. The number of benzene rings is 2. The summed E-state index contributed by atoms with van der Waals surface area (Å²) in [5, 5.41) is 21.1. The van der Waals surface area contributed by atoms with Crippen molar-refractivity contribution in [2.75, 3.05) is 13.2 Å². The highest BCUT2D eigenvalue weighted by Gasteiger charge is 1.98. The van der Waals surface area contributed by atoms with Crippen LogP contribution in [0.2, 0.25) is 0 Å². The van der Waals surface area contributed by atoms with Gasteiger partial charge in [-0.15, -0.1) is 0 Å². The third-order valence-electron chi connectivity index (χ3n) is 3.06. The quantitative estimate of drug-likeness (QED) is 0.766. The van der Waals surface area contributed by atoms with Crippen LogP contribution in [0.25, 0.3) is 0 Å². The molecule has 4 nitrogen and oxygen atoms in total. The molecule has 108 valence electrons. The minimum Gasteiger partial charge on any atom is -0.508 e. The summed E-state index contributed by atoms with van der Waals surface area (Å²) in [7, 11) is 0. The molecule has 0 aliphatic rings. The van der Waals surface area contributed by atoms with Gasteiger partial charge in [0.05, 0.1) is 0 Å². The number of aromatic hydroxyl groups is 1. The molecule has 0 radical (unpaired) electrons. The highest BCUT2D eigenvalue weighted by Crippen LogP contribution is 2.13. The van der Waals surface area contributed by atoms with Gasteiger partial charge in [0.1, 0.15) is 17.6 Å². The van der Waals surface area contributed by atoms with E-state index in [1.165, 1.54) is 5.56 Å². The smallest absolute Gasteiger partial charge is 0.174 e. The lowest BCUT2D eigenvalue weighted by atomic mass is 10.1. The third-order valence-corrected chi connectivity index (χ3v) is 3.06. The van der Waals surface area contributed by atoms with Gasteiger partial charge in [0, 0.05) is 6.54 Å². The van der Waals surface area contributed by atoms with Crippen molar-refractivity contribution in [2.45, 2.75) is 13.0 Å². The van der Waals surface area contributed by atoms with Crippen molar-refractivity contribution in [3.8, 4) is 17.6 Å². The Labute approximate surface area is 124 Å². The number of hydrogen-bond acceptors (Lipinski definition) is 4. The zero-order valence-electron chi connectivity index (χ0n) is 11.7. The molecule has 0 amide bonds. The molecule has 21 heavy (non-hydrogen) atoms. The Bertz CT molecular complexity index is 603. The minimum absolute atomic E-state index is 0.0672. The zero-order valence-corrected chi connectivity index (χ0v) is 11.7. The van der Waals surface area contributed by atoms with E-state index in [2.05, 4.69) is 5.32 Å². The molecule has 0 aliphatic carbocycles. The monoisotopic (exact) mass is 282 g/mol. The summed E-state index contributed by atoms with van der Waals surface area (Å²) in [6.07, 6.45) is 0.908. The van der Waals surface area contributed by atoms with Crippen molar-refractivity contribution >= 4 is 0 Å². The van der Waals surface area contributed by atoms with Gasteiger partial charge < -0.3 is 15.2 Å². The molecule has 0 saturated heterocycles. The highest BCUT2D eigenvalue weighted by atomic mass is 16.5. The molecule has 2 aromatic rings. The minimum atomic E-state index is 0.0672. The van der Waals surface area contributed by atoms with Crippen LogP contribution in [0.4, 0.5) is 0 Å². The summed E-state index contributed by atoms with van der Waals surface area (Å²) < 4.78 is 5.27. The first kappa shape index (κ1) is 14.9. The number of phenolic OH excluding ortho intramolecular Hbond substituents is 1. The Morgan fingerprint density at radius 2 is 1.90 bits per heavy atom. The molecule has 0 fully saturated rings. The fourth-order valence-electron chi connectivity index (χ4n) is 1.99. The fraction of sp³-hybridized carbons (Fsp3) is 0.235. The van der Waals surface area contributed by atoms with Crippen LogP contribution in [-0.4, -0.2) is 18.3 Å². The summed E-state index contributed by atoms with van der Waals surface area (Å²) >= 11 is 0. The standard InChI is InChI=1S/C17H18N2O2/c18-9-11-21-17-3-1-2-15(12-17)13-19-10-8-14-4-6-16(20)7-5-14/h1-7,12,19-20H,8,10-11,13H2. The van der Waals surface area contributed by atoms with Gasteiger partial charge in [-0.1, -0.05) is 24.3 Å². The molecule has 0 atom stereocenters. The Hall–Kier alpha value is -2.51. The van der Waals surface area contributed by atoms with Gasteiger partial charge in [-0.2, -0.15) is 5.26 Å². The van der Waals surface area contributed by atoms with E-state index < -0.39 is 0 Å². The van der Waals surface area contributed by atoms with Crippen LogP contribution in [-0.2, 0) is 13.0 Å². The van der Waals surface area contributed by atoms with Crippen molar-refractivity contribution in [1.29, 1.82) is 5.26 Å². The van der Waals surface area contributed by atoms with E-state index in [1.54, 1.807) is 12.1 Å². The highest BCUT2D eigenvalue weighted by molar-refractivity contribution is 5.29. The molecule has 4 heteroatoms. The second-order valence-electron chi connectivity index (χ2n) is 4.69. The zero-order chi connectivity index (χ0) is 14.9. The van der Waals surface area contributed by atoms with Crippen LogP contribution in [0.3, 0.4) is 0 Å². The Kier molecular flexibility index (Phi) is 5.62. The largest absolute Gasteiger partial charge is 0.508 e. The maximum atomic E-state index is 9.22. The second kappa shape index (κ2) is 7.93. The van der Waals surface area contributed by atoms with Crippen molar-refractivity contribution in [1.82, 2.24) is 5.32 Å². The number of ether oxygens (including phenoxy) is 1. The predicted octanol–water partition coefficient (Wildman–Crippen LogP) is 2.63. The molecule has 2 rings (SSSR count). The molecular weight excluding hydrogens is 264 g/mol. The lowest BCUT2D eigenvalue weighted by Crippen LogP contribution is -2.16. The van der Waals surface area contributed by atoms with E-state index >= 15 is 0 Å². The van der Waals surface area contributed by atoms with E-state index in [-0.39, 0.29) is 6.61 Å². The van der Waals surface area contributed by atoms with Gasteiger partial charge in [-0.25, -0.2) is 0 Å². The topological polar surface area (TPSA) is 65.3 Å². The van der Waals surface area contributed by atoms with Crippen molar-refractivity contribution < 1.29 is 9.84 Å². The Balaban J connectivity index is 1.75. The molecule has 0 unspecified atom stereocenters. The Morgan fingerprint density at radius 3 is 2.67 bits per heavy atom. The van der Waals surface area contributed by atoms with Gasteiger partial charge in [0.15, 0.2) is 6.61 Å². The maximum absolute atomic E-state index is 9.22. The summed E-state index contributed by atoms with van der Waals surface area (Å²) in [6.45, 7) is 1.67. The van der Waals surface area contributed by atoms with Gasteiger partial charge >= 0.3 is 0 Å². The van der Waals surface area contributed by atoms with Gasteiger partial charge in [-0.05, 0) is 48.4 Å². The average Bonchev–Trinajstić information content (AvgIpc) is 2.52. The molecule has 0 spiro atoms. The average molecular weight is 282 g/mol. The molecular formula is C17H18N2O2. The predicted molar refractivity (Wildman–Crippen MR) is 81.1 cm³/mol. The number of rotatable bonds is 7. The number of hydrogen-bond donors (Lipinski definition) is 2. The van der Waals surface area contributed by atoms with Crippen LogP contribution >= 0.6 is 0 Å². The lowest BCUT2D eigenvalue weighted by Gasteiger charge is -2.07. The van der Waals surface area contributed by atoms with E-state index in [4.69, 9.17) is 10.00 Å². The van der Waals surface area contributed by atoms with Crippen molar-refractivity contribution in [3.05, 3.63) is 59.7 Å². The van der Waals surface area contributed by atoms with Crippen LogP contribution < -0.4 is 10.1 Å². The normalized spacial score (nSPS) is 10.0. The van der Waals surface area contributed by atoms with Gasteiger partial charge in [0.25, 0.3) is 0 Å². The van der Waals surface area contributed by atoms with Gasteiger partial charge in [0.2, 0.25) is 0 Å². The number of nitrogens with one attached hydrogen (secondary N) is 1.